The third-order valence-electron chi connectivity index (χ3n) is 2.75. The maximum absolute atomic E-state index is 5.42. The number of nitrogens with zero attached hydrogens (tertiary/aromatic N) is 1. The zero-order valence-electron chi connectivity index (χ0n) is 9.54. The lowest BCUT2D eigenvalue weighted by molar-refractivity contribution is 0.616. The molecule has 0 radical (unpaired) electrons. The van der Waals surface area contributed by atoms with Crippen molar-refractivity contribution in [2.75, 3.05) is 12.3 Å². The fraction of sp³-hybridized carbons (Fsp3) is 0.909. The van der Waals surface area contributed by atoms with Gasteiger partial charge in [0.1, 0.15) is 0 Å². The van der Waals surface area contributed by atoms with E-state index in [0.717, 1.165) is 18.7 Å². The van der Waals surface area contributed by atoms with Crippen LogP contribution in [0.1, 0.15) is 51.9 Å². The molecule has 0 amide bonds. The van der Waals surface area contributed by atoms with E-state index in [9.17, 15) is 0 Å². The van der Waals surface area contributed by atoms with Crippen molar-refractivity contribution in [2.24, 2.45) is 4.99 Å². The lowest BCUT2D eigenvalue weighted by Gasteiger charge is -2.05. The Morgan fingerprint density at radius 3 is 2.40 bits per heavy atom. The zero-order valence-corrected chi connectivity index (χ0v) is 12.0. The monoisotopic (exact) mass is 263 g/mol. The Labute approximate surface area is 104 Å². The highest BCUT2D eigenvalue weighted by Gasteiger charge is 2.16. The summed E-state index contributed by atoms with van der Waals surface area (Å²) in [6, 6.07) is 0. The van der Waals surface area contributed by atoms with E-state index in [0.29, 0.717) is 0 Å². The summed E-state index contributed by atoms with van der Waals surface area (Å²) in [4.78, 5) is 4.47. The van der Waals surface area contributed by atoms with Crippen molar-refractivity contribution in [3.8, 4) is 0 Å². The number of aliphatic imine (C=N–C) groups is 1. The van der Waals surface area contributed by atoms with Crippen molar-refractivity contribution in [1.82, 2.24) is 0 Å². The third-order valence-corrected chi connectivity index (χ3v) is 6.68. The molecule has 1 rings (SSSR count). The molecule has 0 saturated carbocycles. The van der Waals surface area contributed by atoms with Crippen LogP contribution in [0.15, 0.2) is 4.99 Å². The van der Waals surface area contributed by atoms with Crippen LogP contribution in [0.25, 0.3) is 0 Å². The zero-order chi connectivity index (χ0) is 11.1. The van der Waals surface area contributed by atoms with Crippen LogP contribution in [0.3, 0.4) is 0 Å². The minimum absolute atomic E-state index is 0.896. The SMILES string of the molecule is CCCCCCCCC1=NCCS1(=S)=S. The van der Waals surface area contributed by atoms with Gasteiger partial charge in [-0.3, -0.25) is 4.99 Å². The average Bonchev–Trinajstić information content (AvgIpc) is 2.52. The van der Waals surface area contributed by atoms with Crippen LogP contribution in [-0.4, -0.2) is 17.3 Å². The molecule has 15 heavy (non-hydrogen) atoms. The number of unbranched alkanes of at least 4 members (excludes halogenated alkanes) is 5. The molecule has 0 aromatic carbocycles. The highest BCUT2D eigenvalue weighted by Crippen LogP contribution is 2.14. The minimum atomic E-state index is -1.27. The van der Waals surface area contributed by atoms with Crippen LogP contribution in [0.4, 0.5) is 0 Å². The van der Waals surface area contributed by atoms with E-state index in [1.807, 2.05) is 0 Å². The van der Waals surface area contributed by atoms with E-state index in [-0.39, 0.29) is 0 Å². The quantitative estimate of drug-likeness (QED) is 0.654. The first-order valence-corrected chi connectivity index (χ1v) is 9.58. The van der Waals surface area contributed by atoms with Crippen LogP contribution in [-0.2, 0) is 29.5 Å². The van der Waals surface area contributed by atoms with Crippen molar-refractivity contribution in [3.05, 3.63) is 0 Å². The second-order valence-electron chi connectivity index (χ2n) is 4.11. The summed E-state index contributed by atoms with van der Waals surface area (Å²) in [5.74, 6) is 0.975. The number of rotatable bonds is 7. The molecule has 1 aliphatic heterocycles. The lowest BCUT2D eigenvalue weighted by atomic mass is 10.1. The van der Waals surface area contributed by atoms with Gasteiger partial charge in [0, 0.05) is 12.3 Å². The Morgan fingerprint density at radius 2 is 1.80 bits per heavy atom. The first-order chi connectivity index (χ1) is 7.17. The summed E-state index contributed by atoms with van der Waals surface area (Å²) < 4.78 is 0. The lowest BCUT2D eigenvalue weighted by Crippen LogP contribution is -2.09. The largest absolute Gasteiger partial charge is 0.281 e. The molecule has 0 unspecified atom stereocenters. The van der Waals surface area contributed by atoms with Crippen molar-refractivity contribution in [1.29, 1.82) is 0 Å². The maximum Gasteiger partial charge on any atom is 0.0758 e. The minimum Gasteiger partial charge on any atom is -0.281 e. The van der Waals surface area contributed by atoms with Crippen LogP contribution < -0.4 is 0 Å². The van der Waals surface area contributed by atoms with Gasteiger partial charge in [-0.15, -0.1) is 0 Å². The van der Waals surface area contributed by atoms with E-state index in [4.69, 9.17) is 22.4 Å². The molecule has 1 heterocycles. The molecule has 0 atom stereocenters. The predicted molar refractivity (Wildman–Crippen MR) is 77.3 cm³/mol. The van der Waals surface area contributed by atoms with Gasteiger partial charge in [0.05, 0.1) is 5.04 Å². The molecule has 4 heteroatoms. The van der Waals surface area contributed by atoms with Crippen molar-refractivity contribution in [2.45, 2.75) is 51.9 Å². The van der Waals surface area contributed by atoms with Gasteiger partial charge in [0.15, 0.2) is 0 Å². The molecule has 0 aromatic rings. The van der Waals surface area contributed by atoms with Gasteiger partial charge in [-0.05, 0) is 42.4 Å². The Hall–Kier alpha value is 0.460. The van der Waals surface area contributed by atoms with Gasteiger partial charge < -0.3 is 0 Å². The van der Waals surface area contributed by atoms with E-state index in [1.165, 1.54) is 43.6 Å². The summed E-state index contributed by atoms with van der Waals surface area (Å²) in [6.45, 7) is 3.15. The van der Waals surface area contributed by atoms with Gasteiger partial charge >= 0.3 is 0 Å². The average molecular weight is 263 g/mol. The molecule has 0 fully saturated rings. The topological polar surface area (TPSA) is 12.4 Å². The Bertz CT molecular complexity index is 304. The smallest absolute Gasteiger partial charge is 0.0758 e. The highest BCUT2D eigenvalue weighted by atomic mass is 33.1. The van der Waals surface area contributed by atoms with Gasteiger partial charge in [0.25, 0.3) is 0 Å². The third kappa shape index (κ3) is 4.87. The summed E-state index contributed by atoms with van der Waals surface area (Å²) in [7, 11) is -1.27. The van der Waals surface area contributed by atoms with Crippen molar-refractivity contribution < 1.29 is 0 Å². The molecule has 0 spiro atoms. The maximum atomic E-state index is 5.42. The first-order valence-electron chi connectivity index (χ1n) is 5.93. The van der Waals surface area contributed by atoms with Crippen LogP contribution >= 0.6 is 0 Å². The normalized spacial score (nSPS) is 19.1. The second-order valence-corrected chi connectivity index (χ2v) is 10.3. The summed E-state index contributed by atoms with van der Waals surface area (Å²) in [5, 5.41) is 1.20. The Morgan fingerprint density at radius 1 is 1.13 bits per heavy atom. The molecular weight excluding hydrogens is 242 g/mol. The highest BCUT2D eigenvalue weighted by molar-refractivity contribution is 8.63. The van der Waals surface area contributed by atoms with E-state index < -0.39 is 7.15 Å². The standard InChI is InChI=1S/C11H21NS3/c1-2-3-4-5-6-7-8-11-12-9-10-15(11,13)14/h2-10H2,1H3. The summed E-state index contributed by atoms with van der Waals surface area (Å²) in [5.41, 5.74) is 0. The van der Waals surface area contributed by atoms with Crippen LogP contribution in [0, 0.1) is 0 Å². The molecular formula is C11H21NS3. The van der Waals surface area contributed by atoms with E-state index in [1.54, 1.807) is 0 Å². The van der Waals surface area contributed by atoms with Gasteiger partial charge in [-0.1, -0.05) is 39.0 Å². The van der Waals surface area contributed by atoms with Crippen LogP contribution in [0.2, 0.25) is 0 Å². The molecule has 1 aliphatic rings. The Kier molecular flexibility index (Phi) is 6.24. The summed E-state index contributed by atoms with van der Waals surface area (Å²) in [6.07, 6.45) is 9.07. The Balaban J connectivity index is 2.11. The van der Waals surface area contributed by atoms with Crippen LogP contribution in [0.5, 0.6) is 0 Å². The molecule has 0 aromatic heterocycles. The van der Waals surface area contributed by atoms with Gasteiger partial charge in [0.2, 0.25) is 0 Å². The van der Waals surface area contributed by atoms with Gasteiger partial charge in [-0.25, -0.2) is 0 Å². The molecule has 0 saturated heterocycles. The fourth-order valence-corrected chi connectivity index (χ4v) is 4.37. The molecule has 88 valence electrons. The molecule has 1 nitrogen and oxygen atoms in total. The number of hydrogen-bond donors (Lipinski definition) is 0. The molecule has 0 N–H and O–H groups in total. The summed E-state index contributed by atoms with van der Waals surface area (Å²) >= 11 is 10.8. The van der Waals surface area contributed by atoms with Gasteiger partial charge in [-0.2, -0.15) is 0 Å². The second kappa shape index (κ2) is 6.92. The van der Waals surface area contributed by atoms with Crippen molar-refractivity contribution >= 4 is 34.6 Å². The first kappa shape index (κ1) is 13.5. The molecule has 0 bridgehead atoms. The molecule has 0 aliphatic carbocycles. The number of hydrogen-bond acceptors (Lipinski definition) is 3. The van der Waals surface area contributed by atoms with Crippen molar-refractivity contribution in [3.63, 3.8) is 0 Å². The van der Waals surface area contributed by atoms with E-state index in [2.05, 4.69) is 11.9 Å². The van der Waals surface area contributed by atoms with E-state index >= 15 is 0 Å². The predicted octanol–water partition coefficient (Wildman–Crippen LogP) is 3.23. The fourth-order valence-electron chi connectivity index (χ4n) is 1.80.